The zero-order chi connectivity index (χ0) is 16.5. The maximum absolute atomic E-state index is 11.9. The van der Waals surface area contributed by atoms with Gasteiger partial charge in [0.15, 0.2) is 0 Å². The van der Waals surface area contributed by atoms with Crippen molar-refractivity contribution < 1.29 is 9.59 Å². The van der Waals surface area contributed by atoms with Gasteiger partial charge >= 0.3 is 0 Å². The highest BCUT2D eigenvalue weighted by atomic mass is 16.2. The lowest BCUT2D eigenvalue weighted by molar-refractivity contribution is -0.117. The van der Waals surface area contributed by atoms with Crippen molar-refractivity contribution in [3.8, 4) is 0 Å². The summed E-state index contributed by atoms with van der Waals surface area (Å²) in [7, 11) is 0. The second kappa shape index (κ2) is 9.18. The number of carbonyl (C=O) groups is 2. The van der Waals surface area contributed by atoms with E-state index in [9.17, 15) is 9.59 Å². The summed E-state index contributed by atoms with van der Waals surface area (Å²) in [4.78, 5) is 25.1. The first kappa shape index (κ1) is 18.1. The van der Waals surface area contributed by atoms with Gasteiger partial charge in [0.05, 0.1) is 0 Å². The summed E-state index contributed by atoms with van der Waals surface area (Å²) >= 11 is 0. The zero-order valence-electron chi connectivity index (χ0n) is 13.7. The van der Waals surface area contributed by atoms with Gasteiger partial charge in [0.1, 0.15) is 11.5 Å². The van der Waals surface area contributed by atoms with Crippen LogP contribution in [-0.2, 0) is 9.59 Å². The van der Waals surface area contributed by atoms with E-state index in [0.717, 1.165) is 38.0 Å². The molecular weight excluding hydrogens is 278 g/mol. The lowest BCUT2D eigenvalue weighted by Crippen LogP contribution is -2.45. The summed E-state index contributed by atoms with van der Waals surface area (Å²) < 4.78 is 0. The van der Waals surface area contributed by atoms with Gasteiger partial charge in [-0.05, 0) is 38.7 Å². The van der Waals surface area contributed by atoms with E-state index in [1.54, 1.807) is 13.0 Å². The summed E-state index contributed by atoms with van der Waals surface area (Å²) in [5, 5.41) is 10.6. The third kappa shape index (κ3) is 6.24. The number of carbonyl (C=O) groups excluding carboxylic acids is 2. The second-order valence-corrected chi connectivity index (χ2v) is 5.73. The first-order valence-electron chi connectivity index (χ1n) is 7.92. The molecule has 1 fully saturated rings. The van der Waals surface area contributed by atoms with Crippen molar-refractivity contribution in [1.82, 2.24) is 10.2 Å². The average molecular weight is 305 g/mol. The molecule has 0 bridgehead atoms. The van der Waals surface area contributed by atoms with Crippen molar-refractivity contribution >= 4 is 17.4 Å². The summed E-state index contributed by atoms with van der Waals surface area (Å²) in [5.74, 6) is -0.125. The first-order valence-corrected chi connectivity index (χ1v) is 7.92. The van der Waals surface area contributed by atoms with E-state index in [1.165, 1.54) is 0 Å². The Labute approximate surface area is 133 Å². The third-order valence-corrected chi connectivity index (χ3v) is 3.81. The summed E-state index contributed by atoms with van der Waals surface area (Å²) in [6.07, 6.45) is 7.11. The van der Waals surface area contributed by atoms with Gasteiger partial charge in [-0.1, -0.05) is 19.6 Å². The molecule has 0 aromatic rings. The fraction of sp³-hybridized carbons (Fsp3) is 0.588. The minimum absolute atomic E-state index is 0.00940. The number of allylic oxidation sites excluding steroid dienone is 2. The Kier molecular flexibility index (Phi) is 7.57. The number of hydrogen-bond donors (Lipinski definition) is 2. The Balaban J connectivity index is 2.34. The molecule has 1 rings (SSSR count). The molecule has 1 aliphatic rings. The van der Waals surface area contributed by atoms with Crippen LogP contribution in [0, 0.1) is 5.41 Å². The minimum atomic E-state index is -0.307. The van der Waals surface area contributed by atoms with E-state index >= 15 is 0 Å². The molecule has 0 aromatic carbocycles. The van der Waals surface area contributed by atoms with Crippen LogP contribution in [-0.4, -0.2) is 41.4 Å². The SMILES string of the molecule is C=C(CCC(C)=O)N1CCC(NC(=O)C(=N)C=CCC)CC1. The van der Waals surface area contributed by atoms with Gasteiger partial charge in [-0.3, -0.25) is 10.2 Å². The molecule has 5 heteroatoms. The largest absolute Gasteiger partial charge is 0.375 e. The predicted molar refractivity (Wildman–Crippen MR) is 89.0 cm³/mol. The van der Waals surface area contributed by atoms with Crippen LogP contribution in [0.1, 0.15) is 46.0 Å². The van der Waals surface area contributed by atoms with Crippen LogP contribution in [0.2, 0.25) is 0 Å². The van der Waals surface area contributed by atoms with Crippen molar-refractivity contribution in [3.63, 3.8) is 0 Å². The Morgan fingerprint density at radius 1 is 1.32 bits per heavy atom. The molecule has 1 saturated heterocycles. The van der Waals surface area contributed by atoms with E-state index < -0.39 is 0 Å². The third-order valence-electron chi connectivity index (χ3n) is 3.81. The molecule has 0 saturated carbocycles. The average Bonchev–Trinajstić information content (AvgIpc) is 2.50. The Morgan fingerprint density at radius 3 is 2.50 bits per heavy atom. The molecule has 1 aliphatic heterocycles. The highest BCUT2D eigenvalue weighted by molar-refractivity contribution is 6.42. The van der Waals surface area contributed by atoms with E-state index in [-0.39, 0.29) is 23.4 Å². The maximum Gasteiger partial charge on any atom is 0.269 e. The van der Waals surface area contributed by atoms with Crippen LogP contribution >= 0.6 is 0 Å². The monoisotopic (exact) mass is 305 g/mol. The van der Waals surface area contributed by atoms with Crippen LogP contribution in [0.15, 0.2) is 24.4 Å². The zero-order valence-corrected chi connectivity index (χ0v) is 13.7. The molecule has 0 radical (unpaired) electrons. The number of hydrogen-bond acceptors (Lipinski definition) is 4. The van der Waals surface area contributed by atoms with E-state index in [0.29, 0.717) is 12.8 Å². The van der Waals surface area contributed by atoms with Gasteiger partial charge in [0.2, 0.25) is 0 Å². The highest BCUT2D eigenvalue weighted by Gasteiger charge is 2.22. The number of Topliss-reactive ketones (excluding diaryl/α,β-unsaturated/α-hetero) is 1. The van der Waals surface area contributed by atoms with Gasteiger partial charge in [-0.2, -0.15) is 0 Å². The Morgan fingerprint density at radius 2 is 1.95 bits per heavy atom. The van der Waals surface area contributed by atoms with Crippen LogP contribution in [0.25, 0.3) is 0 Å². The number of piperidine rings is 1. The number of ketones is 1. The van der Waals surface area contributed by atoms with E-state index in [4.69, 9.17) is 5.41 Å². The van der Waals surface area contributed by atoms with Crippen LogP contribution in [0.3, 0.4) is 0 Å². The molecule has 122 valence electrons. The van der Waals surface area contributed by atoms with Crippen molar-refractivity contribution in [3.05, 3.63) is 24.4 Å². The first-order chi connectivity index (χ1) is 10.4. The van der Waals surface area contributed by atoms with Crippen LogP contribution < -0.4 is 5.32 Å². The van der Waals surface area contributed by atoms with Gasteiger partial charge in [-0.25, -0.2) is 0 Å². The molecule has 5 nitrogen and oxygen atoms in total. The standard InChI is InChI=1S/C17H27N3O2/c1-4-5-6-16(18)17(22)19-15-9-11-20(12-10-15)13(2)7-8-14(3)21/h5-6,15,18H,2,4,7-12H2,1,3H3,(H,19,22). The lowest BCUT2D eigenvalue weighted by atomic mass is 10.0. The highest BCUT2D eigenvalue weighted by Crippen LogP contribution is 2.17. The second-order valence-electron chi connectivity index (χ2n) is 5.73. The van der Waals surface area contributed by atoms with E-state index in [1.807, 2.05) is 13.0 Å². The predicted octanol–water partition coefficient (Wildman–Crippen LogP) is 2.44. The molecule has 0 spiro atoms. The normalized spacial score (nSPS) is 15.8. The molecule has 0 aromatic heterocycles. The van der Waals surface area contributed by atoms with Gasteiger partial charge in [-0.15, -0.1) is 0 Å². The topological polar surface area (TPSA) is 73.3 Å². The van der Waals surface area contributed by atoms with Crippen molar-refractivity contribution in [2.45, 2.75) is 52.0 Å². The lowest BCUT2D eigenvalue weighted by Gasteiger charge is -2.35. The smallest absolute Gasteiger partial charge is 0.269 e. The fourth-order valence-electron chi connectivity index (χ4n) is 2.39. The Hall–Kier alpha value is -1.91. The molecule has 0 aliphatic carbocycles. The van der Waals surface area contributed by atoms with Crippen LogP contribution in [0.5, 0.6) is 0 Å². The number of nitrogens with one attached hydrogen (secondary N) is 2. The molecule has 1 amide bonds. The molecule has 1 heterocycles. The van der Waals surface area contributed by atoms with Crippen LogP contribution in [0.4, 0.5) is 0 Å². The molecule has 0 unspecified atom stereocenters. The number of nitrogens with zero attached hydrogens (tertiary/aromatic N) is 1. The summed E-state index contributed by atoms with van der Waals surface area (Å²) in [6, 6.07) is 0.111. The summed E-state index contributed by atoms with van der Waals surface area (Å²) in [5.41, 5.74) is 1.01. The molecular formula is C17H27N3O2. The number of likely N-dealkylation sites (tertiary alicyclic amines) is 1. The Bertz CT molecular complexity index is 461. The van der Waals surface area contributed by atoms with Gasteiger partial charge in [0, 0.05) is 31.2 Å². The van der Waals surface area contributed by atoms with Gasteiger partial charge in [0.25, 0.3) is 5.91 Å². The van der Waals surface area contributed by atoms with Crippen molar-refractivity contribution in [2.75, 3.05) is 13.1 Å². The molecule has 2 N–H and O–H groups in total. The van der Waals surface area contributed by atoms with E-state index in [2.05, 4.69) is 16.8 Å². The van der Waals surface area contributed by atoms with Crippen molar-refractivity contribution in [1.29, 1.82) is 5.41 Å². The number of amides is 1. The number of rotatable bonds is 8. The van der Waals surface area contributed by atoms with Gasteiger partial charge < -0.3 is 15.0 Å². The maximum atomic E-state index is 11.9. The van der Waals surface area contributed by atoms with Crippen molar-refractivity contribution in [2.24, 2.45) is 0 Å². The molecule has 22 heavy (non-hydrogen) atoms. The summed E-state index contributed by atoms with van der Waals surface area (Å²) in [6.45, 7) is 9.27. The fourth-order valence-corrected chi connectivity index (χ4v) is 2.39. The minimum Gasteiger partial charge on any atom is -0.375 e. The molecule has 0 atom stereocenters. The quantitative estimate of drug-likeness (QED) is 0.676.